The van der Waals surface area contributed by atoms with Gasteiger partial charge in [-0.2, -0.15) is 0 Å². The molecule has 0 aliphatic rings. The number of esters is 1. The number of rotatable bonds is 11. The van der Waals surface area contributed by atoms with Crippen LogP contribution < -0.4 is 9.64 Å². The van der Waals surface area contributed by atoms with E-state index < -0.39 is 17.7 Å². The Morgan fingerprint density at radius 1 is 1.00 bits per heavy atom. The number of carbonyl (C=O) groups is 2. The Bertz CT molecular complexity index is 1080. The molecule has 0 saturated carbocycles. The first-order chi connectivity index (χ1) is 16.5. The van der Waals surface area contributed by atoms with Gasteiger partial charge in [0.25, 0.3) is 5.91 Å². The molecule has 0 radical (unpaired) electrons. The molecule has 1 aromatic heterocycles. The summed E-state index contributed by atoms with van der Waals surface area (Å²) < 4.78 is 25.0. The van der Waals surface area contributed by atoms with Gasteiger partial charge >= 0.3 is 5.97 Å². The van der Waals surface area contributed by atoms with Crippen LogP contribution in [0.2, 0.25) is 0 Å². The second kappa shape index (κ2) is 12.3. The van der Waals surface area contributed by atoms with Crippen LogP contribution in [0.25, 0.3) is 0 Å². The third-order valence-electron chi connectivity index (χ3n) is 5.05. The molecule has 0 spiro atoms. The van der Waals surface area contributed by atoms with Crippen molar-refractivity contribution in [3.8, 4) is 5.75 Å². The molecule has 3 aromatic rings. The molecule has 34 heavy (non-hydrogen) atoms. The SMILES string of the molecule is CCOC(=O)CN(Cc1ccc(OCCN(C)c2ccccn2)cc1)C(=O)c1ccccc1F. The van der Waals surface area contributed by atoms with E-state index in [2.05, 4.69) is 4.98 Å². The van der Waals surface area contributed by atoms with Crippen molar-refractivity contribution in [2.24, 2.45) is 0 Å². The minimum absolute atomic E-state index is 0.0937. The van der Waals surface area contributed by atoms with Gasteiger partial charge in [0.15, 0.2) is 0 Å². The molecule has 0 bridgehead atoms. The molecule has 3 rings (SSSR count). The first kappa shape index (κ1) is 24.7. The van der Waals surface area contributed by atoms with Crippen LogP contribution in [0, 0.1) is 5.82 Å². The maximum atomic E-state index is 14.2. The second-order valence-corrected chi connectivity index (χ2v) is 7.55. The van der Waals surface area contributed by atoms with E-state index >= 15 is 0 Å². The fourth-order valence-electron chi connectivity index (χ4n) is 3.27. The van der Waals surface area contributed by atoms with E-state index in [1.54, 1.807) is 31.3 Å². The van der Waals surface area contributed by atoms with Crippen LogP contribution in [0.3, 0.4) is 0 Å². The molecular formula is C26H28FN3O4. The number of aromatic nitrogens is 1. The van der Waals surface area contributed by atoms with Crippen molar-refractivity contribution < 1.29 is 23.5 Å². The lowest BCUT2D eigenvalue weighted by Gasteiger charge is -2.22. The molecule has 0 aliphatic heterocycles. The summed E-state index contributed by atoms with van der Waals surface area (Å²) in [5.74, 6) is -0.229. The van der Waals surface area contributed by atoms with Gasteiger partial charge in [0.2, 0.25) is 0 Å². The summed E-state index contributed by atoms with van der Waals surface area (Å²) in [6.07, 6.45) is 1.74. The standard InChI is InChI=1S/C26H28FN3O4/c1-3-33-25(31)19-30(26(32)22-8-4-5-9-23(22)27)18-20-11-13-21(14-12-20)34-17-16-29(2)24-10-6-7-15-28-24/h4-15H,3,16-19H2,1-2H3. The number of benzene rings is 2. The molecule has 0 N–H and O–H groups in total. The molecule has 0 aliphatic carbocycles. The lowest BCUT2D eigenvalue weighted by atomic mass is 10.1. The first-order valence-corrected chi connectivity index (χ1v) is 11.0. The van der Waals surface area contributed by atoms with E-state index in [1.807, 2.05) is 42.3 Å². The highest BCUT2D eigenvalue weighted by Crippen LogP contribution is 2.17. The Labute approximate surface area is 198 Å². The highest BCUT2D eigenvalue weighted by atomic mass is 19.1. The number of nitrogens with zero attached hydrogens (tertiary/aromatic N) is 3. The van der Waals surface area contributed by atoms with Gasteiger partial charge in [-0.1, -0.05) is 30.3 Å². The molecule has 1 amide bonds. The lowest BCUT2D eigenvalue weighted by Crippen LogP contribution is -2.36. The van der Waals surface area contributed by atoms with Gasteiger partial charge in [-0.15, -0.1) is 0 Å². The molecule has 0 fully saturated rings. The zero-order valence-corrected chi connectivity index (χ0v) is 19.3. The Kier molecular flexibility index (Phi) is 8.96. The molecule has 2 aromatic carbocycles. The zero-order chi connectivity index (χ0) is 24.3. The fourth-order valence-corrected chi connectivity index (χ4v) is 3.27. The quantitative estimate of drug-likeness (QED) is 0.400. The predicted octanol–water partition coefficient (Wildman–Crippen LogP) is 3.94. The van der Waals surface area contributed by atoms with E-state index in [9.17, 15) is 14.0 Å². The number of anilines is 1. The van der Waals surface area contributed by atoms with Crippen molar-refractivity contribution in [3.05, 3.63) is 89.9 Å². The van der Waals surface area contributed by atoms with Gasteiger partial charge in [-0.3, -0.25) is 9.59 Å². The largest absolute Gasteiger partial charge is 0.492 e. The minimum Gasteiger partial charge on any atom is -0.492 e. The second-order valence-electron chi connectivity index (χ2n) is 7.55. The van der Waals surface area contributed by atoms with Gasteiger partial charge < -0.3 is 19.3 Å². The Balaban J connectivity index is 1.61. The highest BCUT2D eigenvalue weighted by molar-refractivity contribution is 5.96. The number of hydrogen-bond acceptors (Lipinski definition) is 6. The van der Waals surface area contributed by atoms with Gasteiger partial charge in [-0.25, -0.2) is 9.37 Å². The molecule has 7 nitrogen and oxygen atoms in total. The summed E-state index contributed by atoms with van der Waals surface area (Å²) in [6, 6.07) is 18.6. The molecule has 0 atom stereocenters. The lowest BCUT2D eigenvalue weighted by molar-refractivity contribution is -0.143. The first-order valence-electron chi connectivity index (χ1n) is 11.0. The van der Waals surface area contributed by atoms with E-state index in [-0.39, 0.29) is 25.3 Å². The van der Waals surface area contributed by atoms with E-state index in [4.69, 9.17) is 9.47 Å². The van der Waals surface area contributed by atoms with Crippen molar-refractivity contribution in [2.75, 3.05) is 38.3 Å². The number of halogens is 1. The average molecular weight is 466 g/mol. The summed E-state index contributed by atoms with van der Waals surface area (Å²) in [4.78, 5) is 32.6. The Hall–Kier alpha value is -3.94. The maximum absolute atomic E-state index is 14.2. The van der Waals surface area contributed by atoms with Crippen molar-refractivity contribution in [1.82, 2.24) is 9.88 Å². The predicted molar refractivity (Wildman–Crippen MR) is 127 cm³/mol. The summed E-state index contributed by atoms with van der Waals surface area (Å²) in [7, 11) is 1.94. The van der Waals surface area contributed by atoms with Crippen LogP contribution in [0.4, 0.5) is 10.2 Å². The van der Waals surface area contributed by atoms with Crippen LogP contribution in [0.15, 0.2) is 72.9 Å². The summed E-state index contributed by atoms with van der Waals surface area (Å²) in [5, 5.41) is 0. The van der Waals surface area contributed by atoms with E-state index in [0.717, 1.165) is 11.4 Å². The van der Waals surface area contributed by atoms with Gasteiger partial charge in [0.1, 0.15) is 30.5 Å². The number of amides is 1. The number of ether oxygens (including phenoxy) is 2. The molecular weight excluding hydrogens is 437 g/mol. The third kappa shape index (κ3) is 7.03. The van der Waals surface area contributed by atoms with Crippen LogP contribution >= 0.6 is 0 Å². The topological polar surface area (TPSA) is 72.0 Å². The van der Waals surface area contributed by atoms with Gasteiger partial charge in [0.05, 0.1) is 18.7 Å². The van der Waals surface area contributed by atoms with Gasteiger partial charge in [-0.05, 0) is 48.9 Å². The minimum atomic E-state index is -0.638. The highest BCUT2D eigenvalue weighted by Gasteiger charge is 2.22. The van der Waals surface area contributed by atoms with Crippen molar-refractivity contribution in [2.45, 2.75) is 13.5 Å². The van der Waals surface area contributed by atoms with Crippen molar-refractivity contribution in [1.29, 1.82) is 0 Å². The Morgan fingerprint density at radius 3 is 2.41 bits per heavy atom. The van der Waals surface area contributed by atoms with Crippen molar-refractivity contribution in [3.63, 3.8) is 0 Å². The monoisotopic (exact) mass is 465 g/mol. The summed E-state index contributed by atoms with van der Waals surface area (Å²) in [6.45, 7) is 2.85. The maximum Gasteiger partial charge on any atom is 0.325 e. The van der Waals surface area contributed by atoms with E-state index in [0.29, 0.717) is 18.9 Å². The summed E-state index contributed by atoms with van der Waals surface area (Å²) >= 11 is 0. The average Bonchev–Trinajstić information content (AvgIpc) is 2.85. The van der Waals surface area contributed by atoms with Crippen LogP contribution in [0.1, 0.15) is 22.8 Å². The number of hydrogen-bond donors (Lipinski definition) is 0. The van der Waals surface area contributed by atoms with Crippen LogP contribution in [0.5, 0.6) is 5.75 Å². The number of likely N-dealkylation sites (N-methyl/N-ethyl adjacent to an activating group) is 1. The smallest absolute Gasteiger partial charge is 0.325 e. The normalized spacial score (nSPS) is 10.4. The van der Waals surface area contributed by atoms with Gasteiger partial charge in [0, 0.05) is 19.8 Å². The third-order valence-corrected chi connectivity index (χ3v) is 5.05. The summed E-state index contributed by atoms with van der Waals surface area (Å²) in [5.41, 5.74) is 0.677. The van der Waals surface area contributed by atoms with Crippen LogP contribution in [-0.2, 0) is 16.1 Å². The fraction of sp³-hybridized carbons (Fsp3) is 0.269. The Morgan fingerprint density at radius 2 is 1.74 bits per heavy atom. The van der Waals surface area contributed by atoms with Crippen molar-refractivity contribution >= 4 is 17.7 Å². The number of carbonyl (C=O) groups excluding carboxylic acids is 2. The molecule has 0 unspecified atom stereocenters. The van der Waals surface area contributed by atoms with Crippen LogP contribution in [-0.4, -0.2) is 55.1 Å². The molecule has 1 heterocycles. The number of pyridine rings is 1. The molecule has 0 saturated heterocycles. The molecule has 178 valence electrons. The van der Waals surface area contributed by atoms with E-state index in [1.165, 1.54) is 23.1 Å². The zero-order valence-electron chi connectivity index (χ0n) is 19.3. The molecule has 8 heteroatoms.